The Labute approximate surface area is 66.8 Å². The lowest BCUT2D eigenvalue weighted by Gasteiger charge is -2.07. The summed E-state index contributed by atoms with van der Waals surface area (Å²) in [5, 5.41) is 0. The molecule has 4 N–H and O–H groups in total. The number of carbonyl (C=O) groups is 1. The fourth-order valence-electron chi connectivity index (χ4n) is 0.720. The van der Waals surface area contributed by atoms with Crippen molar-refractivity contribution in [1.29, 1.82) is 0 Å². The molecule has 0 spiro atoms. The van der Waals surface area contributed by atoms with Crippen LogP contribution in [0.5, 0.6) is 0 Å². The molecule has 0 saturated carbocycles. The predicted octanol–water partition coefficient (Wildman–Crippen LogP) is 0.527. The van der Waals surface area contributed by atoms with Gasteiger partial charge in [0, 0.05) is 18.0 Å². The average molecular weight is 154 g/mol. The molecule has 0 fully saturated rings. The number of primary amides is 1. The van der Waals surface area contributed by atoms with E-state index >= 15 is 0 Å². The Morgan fingerprint density at radius 1 is 1.64 bits per heavy atom. The molecule has 11 heavy (non-hydrogen) atoms. The number of amides is 1. The van der Waals surface area contributed by atoms with E-state index in [0.717, 1.165) is 0 Å². The van der Waals surface area contributed by atoms with E-state index in [1.807, 2.05) is 6.92 Å². The van der Waals surface area contributed by atoms with Crippen LogP contribution in [0.1, 0.15) is 13.3 Å². The van der Waals surface area contributed by atoms with Gasteiger partial charge in [0.15, 0.2) is 0 Å². The van der Waals surface area contributed by atoms with Gasteiger partial charge in [0.25, 0.3) is 0 Å². The van der Waals surface area contributed by atoms with Crippen molar-refractivity contribution >= 4 is 5.91 Å². The maximum Gasteiger partial charge on any atom is 0.218 e. The molecule has 62 valence electrons. The molecule has 0 aliphatic heterocycles. The summed E-state index contributed by atoms with van der Waals surface area (Å²) in [5.41, 5.74) is 11.2. The van der Waals surface area contributed by atoms with Gasteiger partial charge in [0.1, 0.15) is 0 Å². The van der Waals surface area contributed by atoms with Gasteiger partial charge in [-0.15, -0.1) is 0 Å². The van der Waals surface area contributed by atoms with Crippen LogP contribution in [0.4, 0.5) is 0 Å². The molecule has 0 aromatic carbocycles. The Morgan fingerprint density at radius 2 is 2.18 bits per heavy atom. The lowest BCUT2D eigenvalue weighted by molar-refractivity contribution is -0.118. The zero-order valence-corrected chi connectivity index (χ0v) is 6.71. The molecule has 3 nitrogen and oxygen atoms in total. The van der Waals surface area contributed by atoms with Crippen molar-refractivity contribution in [3.8, 4) is 0 Å². The number of carbonyl (C=O) groups excluding carboxylic acids is 1. The Kier molecular flexibility index (Phi) is 4.03. The van der Waals surface area contributed by atoms with Crippen molar-refractivity contribution in [1.82, 2.24) is 0 Å². The van der Waals surface area contributed by atoms with Crippen LogP contribution in [0.15, 0.2) is 24.4 Å². The summed E-state index contributed by atoms with van der Waals surface area (Å²) >= 11 is 0. The molecule has 3 heteroatoms. The third kappa shape index (κ3) is 4.19. The van der Waals surface area contributed by atoms with Crippen molar-refractivity contribution in [2.75, 3.05) is 0 Å². The molecule has 0 saturated heterocycles. The van der Waals surface area contributed by atoms with Gasteiger partial charge in [-0.3, -0.25) is 4.79 Å². The summed E-state index contributed by atoms with van der Waals surface area (Å²) in [5.74, 6) is -0.330. The molecule has 0 unspecified atom stereocenters. The summed E-state index contributed by atoms with van der Waals surface area (Å²) in [6.45, 7) is 5.34. The van der Waals surface area contributed by atoms with Crippen LogP contribution in [0.3, 0.4) is 0 Å². The molecule has 0 bridgehead atoms. The van der Waals surface area contributed by atoms with Crippen molar-refractivity contribution in [2.24, 2.45) is 17.4 Å². The van der Waals surface area contributed by atoms with Crippen LogP contribution in [-0.4, -0.2) is 5.91 Å². The van der Waals surface area contributed by atoms with Gasteiger partial charge in [0.05, 0.1) is 0 Å². The van der Waals surface area contributed by atoms with E-state index < -0.39 is 0 Å². The number of rotatable bonds is 4. The fourth-order valence-corrected chi connectivity index (χ4v) is 0.720. The molecule has 1 atom stereocenters. The van der Waals surface area contributed by atoms with Crippen molar-refractivity contribution < 1.29 is 4.79 Å². The molecular weight excluding hydrogens is 140 g/mol. The van der Waals surface area contributed by atoms with E-state index in [9.17, 15) is 4.79 Å². The van der Waals surface area contributed by atoms with Crippen LogP contribution in [0.2, 0.25) is 0 Å². The second-order valence-electron chi connectivity index (χ2n) is 2.47. The van der Waals surface area contributed by atoms with Gasteiger partial charge in [-0.25, -0.2) is 0 Å². The lowest BCUT2D eigenvalue weighted by atomic mass is 10.0. The number of nitrogens with two attached hydrogens (primary N) is 2. The number of hydrogen-bond donors (Lipinski definition) is 2. The lowest BCUT2D eigenvalue weighted by Crippen LogP contribution is -2.18. The van der Waals surface area contributed by atoms with E-state index in [4.69, 9.17) is 11.5 Å². The summed E-state index contributed by atoms with van der Waals surface area (Å²) in [7, 11) is 0. The highest BCUT2D eigenvalue weighted by Gasteiger charge is 2.07. The standard InChI is InChI=1S/C8H14N2O/c1-3-4-7(9)6(2)5-8(10)11/h3-4,6H,1,5,9H2,2H3,(H2,10,11)/b7-4-/t6-/m1/s1. The van der Waals surface area contributed by atoms with Gasteiger partial charge < -0.3 is 11.5 Å². The Balaban J connectivity index is 4.02. The molecule has 0 aliphatic rings. The number of allylic oxidation sites excluding steroid dienone is 3. The van der Waals surface area contributed by atoms with E-state index in [2.05, 4.69) is 6.58 Å². The van der Waals surface area contributed by atoms with Gasteiger partial charge in [-0.1, -0.05) is 19.6 Å². The summed E-state index contributed by atoms with van der Waals surface area (Å²) in [6.07, 6.45) is 3.55. The molecule has 0 aliphatic carbocycles. The first-order chi connectivity index (χ1) is 5.07. The van der Waals surface area contributed by atoms with Crippen LogP contribution in [-0.2, 0) is 4.79 Å². The molecule has 1 amide bonds. The van der Waals surface area contributed by atoms with Crippen LogP contribution < -0.4 is 11.5 Å². The van der Waals surface area contributed by atoms with Gasteiger partial charge in [-0.2, -0.15) is 0 Å². The third-order valence-electron chi connectivity index (χ3n) is 1.39. The Morgan fingerprint density at radius 3 is 2.55 bits per heavy atom. The van der Waals surface area contributed by atoms with E-state index in [0.29, 0.717) is 5.70 Å². The summed E-state index contributed by atoms with van der Waals surface area (Å²) in [4.78, 5) is 10.4. The minimum atomic E-state index is -0.335. The molecular formula is C8H14N2O. The monoisotopic (exact) mass is 154 g/mol. The van der Waals surface area contributed by atoms with Gasteiger partial charge in [0.2, 0.25) is 5.91 Å². The Hall–Kier alpha value is -1.25. The topological polar surface area (TPSA) is 69.1 Å². The zero-order chi connectivity index (χ0) is 8.85. The second kappa shape index (κ2) is 4.55. The van der Waals surface area contributed by atoms with Crippen molar-refractivity contribution in [3.63, 3.8) is 0 Å². The van der Waals surface area contributed by atoms with Crippen LogP contribution in [0, 0.1) is 5.92 Å². The molecule has 0 heterocycles. The first kappa shape index (κ1) is 9.75. The summed E-state index contributed by atoms with van der Waals surface area (Å²) in [6, 6.07) is 0. The predicted molar refractivity (Wildman–Crippen MR) is 45.4 cm³/mol. The molecule has 0 rings (SSSR count). The second-order valence-corrected chi connectivity index (χ2v) is 2.47. The average Bonchev–Trinajstić information content (AvgIpc) is 1.86. The van der Waals surface area contributed by atoms with Crippen LogP contribution >= 0.6 is 0 Å². The highest BCUT2D eigenvalue weighted by atomic mass is 16.1. The molecule has 0 radical (unpaired) electrons. The van der Waals surface area contributed by atoms with Crippen molar-refractivity contribution in [3.05, 3.63) is 24.4 Å². The Bertz CT molecular complexity index is 185. The van der Waals surface area contributed by atoms with E-state index in [-0.39, 0.29) is 18.2 Å². The minimum absolute atomic E-state index is 0.00509. The zero-order valence-electron chi connectivity index (χ0n) is 6.71. The maximum absolute atomic E-state index is 10.4. The quantitative estimate of drug-likeness (QED) is 0.580. The SMILES string of the molecule is C=C/C=C(\N)[C@H](C)CC(N)=O. The highest BCUT2D eigenvalue weighted by molar-refractivity contribution is 5.74. The van der Waals surface area contributed by atoms with Crippen molar-refractivity contribution in [2.45, 2.75) is 13.3 Å². The smallest absolute Gasteiger partial charge is 0.218 e. The van der Waals surface area contributed by atoms with Gasteiger partial charge in [-0.05, 0) is 6.08 Å². The highest BCUT2D eigenvalue weighted by Crippen LogP contribution is 2.08. The summed E-state index contributed by atoms with van der Waals surface area (Å²) < 4.78 is 0. The maximum atomic E-state index is 10.4. The molecule has 0 aromatic rings. The first-order valence-corrected chi connectivity index (χ1v) is 3.44. The third-order valence-corrected chi connectivity index (χ3v) is 1.39. The van der Waals surface area contributed by atoms with E-state index in [1.54, 1.807) is 12.2 Å². The normalized spacial score (nSPS) is 14.1. The molecule has 0 aromatic heterocycles. The largest absolute Gasteiger partial charge is 0.402 e. The van der Waals surface area contributed by atoms with E-state index in [1.165, 1.54) is 0 Å². The fraction of sp³-hybridized carbons (Fsp3) is 0.375. The van der Waals surface area contributed by atoms with Gasteiger partial charge >= 0.3 is 0 Å². The number of hydrogen-bond acceptors (Lipinski definition) is 2. The minimum Gasteiger partial charge on any atom is -0.402 e. The first-order valence-electron chi connectivity index (χ1n) is 3.44. The van der Waals surface area contributed by atoms with Crippen LogP contribution in [0.25, 0.3) is 0 Å².